The van der Waals surface area contributed by atoms with Crippen LogP contribution in [0.15, 0.2) is 41.4 Å². The number of rotatable bonds is 4. The van der Waals surface area contributed by atoms with Crippen molar-refractivity contribution in [2.45, 2.75) is 11.4 Å². The van der Waals surface area contributed by atoms with Crippen molar-refractivity contribution in [1.82, 2.24) is 9.78 Å². The highest BCUT2D eigenvalue weighted by atomic mass is 32.2. The van der Waals surface area contributed by atoms with Crippen LogP contribution in [-0.4, -0.2) is 18.2 Å². The first-order chi connectivity index (χ1) is 8.51. The Morgan fingerprint density at radius 2 is 1.94 bits per heavy atom. The first-order valence-electron chi connectivity index (χ1n) is 5.33. The number of nitrogens with two attached hydrogens (primary N) is 1. The summed E-state index contributed by atoms with van der Waals surface area (Å²) < 4.78 is 28.0. The predicted octanol–water partition coefficient (Wildman–Crippen LogP) is 0.680. The summed E-state index contributed by atoms with van der Waals surface area (Å²) in [4.78, 5) is 0.186. The zero-order valence-electron chi connectivity index (χ0n) is 9.87. The van der Waals surface area contributed by atoms with Crippen LogP contribution in [0.25, 0.3) is 0 Å². The molecule has 0 bridgehead atoms. The van der Waals surface area contributed by atoms with Crippen molar-refractivity contribution in [3.8, 4) is 0 Å². The molecule has 1 aromatic carbocycles. The van der Waals surface area contributed by atoms with Gasteiger partial charge in [-0.1, -0.05) is 12.1 Å². The van der Waals surface area contributed by atoms with E-state index >= 15 is 0 Å². The van der Waals surface area contributed by atoms with Gasteiger partial charge in [0.2, 0.25) is 0 Å². The van der Waals surface area contributed by atoms with Crippen LogP contribution in [0.2, 0.25) is 0 Å². The normalized spacial score (nSPS) is 11.4. The molecule has 18 heavy (non-hydrogen) atoms. The Kier molecular flexibility index (Phi) is 3.35. The van der Waals surface area contributed by atoms with Crippen molar-refractivity contribution < 1.29 is 8.42 Å². The molecule has 0 aliphatic rings. The molecular formula is C11H14N4O2S. The minimum Gasteiger partial charge on any atom is -0.326 e. The van der Waals surface area contributed by atoms with Crippen LogP contribution in [0.5, 0.6) is 0 Å². The van der Waals surface area contributed by atoms with E-state index in [9.17, 15) is 8.42 Å². The summed E-state index contributed by atoms with van der Waals surface area (Å²) >= 11 is 0. The third kappa shape index (κ3) is 2.69. The van der Waals surface area contributed by atoms with E-state index in [1.807, 2.05) is 0 Å². The molecule has 0 fully saturated rings. The van der Waals surface area contributed by atoms with Crippen molar-refractivity contribution in [2.24, 2.45) is 12.8 Å². The van der Waals surface area contributed by atoms with Crippen LogP contribution >= 0.6 is 0 Å². The molecule has 0 amide bonds. The number of anilines is 1. The summed E-state index contributed by atoms with van der Waals surface area (Å²) in [6, 6.07) is 8.01. The van der Waals surface area contributed by atoms with Crippen LogP contribution < -0.4 is 10.5 Å². The molecule has 0 unspecified atom stereocenters. The van der Waals surface area contributed by atoms with Crippen LogP contribution in [0.1, 0.15) is 5.56 Å². The lowest BCUT2D eigenvalue weighted by Crippen LogP contribution is -2.13. The lowest BCUT2D eigenvalue weighted by atomic mass is 10.2. The number of aromatic nitrogens is 2. The number of sulfonamides is 1. The summed E-state index contributed by atoms with van der Waals surface area (Å²) in [5.41, 5.74) is 6.34. The van der Waals surface area contributed by atoms with Gasteiger partial charge in [-0.15, -0.1) is 0 Å². The number of benzene rings is 1. The molecule has 96 valence electrons. The molecule has 0 spiro atoms. The second kappa shape index (κ2) is 4.79. The molecule has 0 saturated heterocycles. The van der Waals surface area contributed by atoms with Gasteiger partial charge < -0.3 is 5.73 Å². The van der Waals surface area contributed by atoms with E-state index in [4.69, 9.17) is 5.73 Å². The van der Waals surface area contributed by atoms with Crippen molar-refractivity contribution in [2.75, 3.05) is 4.72 Å². The number of hydrogen-bond acceptors (Lipinski definition) is 4. The van der Waals surface area contributed by atoms with Crippen LogP contribution in [0.3, 0.4) is 0 Å². The summed E-state index contributed by atoms with van der Waals surface area (Å²) in [6.07, 6.45) is 1.66. The molecule has 0 aliphatic carbocycles. The Morgan fingerprint density at radius 1 is 1.28 bits per heavy atom. The van der Waals surface area contributed by atoms with Gasteiger partial charge in [-0.25, -0.2) is 8.42 Å². The van der Waals surface area contributed by atoms with E-state index in [0.29, 0.717) is 12.4 Å². The number of hydrogen-bond donors (Lipinski definition) is 2. The second-order valence-corrected chi connectivity index (χ2v) is 5.51. The molecule has 6 nitrogen and oxygen atoms in total. The van der Waals surface area contributed by atoms with Gasteiger partial charge in [-0.3, -0.25) is 9.40 Å². The van der Waals surface area contributed by atoms with Gasteiger partial charge in [0.15, 0.2) is 5.82 Å². The third-order valence-electron chi connectivity index (χ3n) is 2.42. The number of nitrogens with one attached hydrogen (secondary N) is 1. The SMILES string of the molecule is Cn1ccc(NS(=O)(=O)c2ccc(CN)cc2)n1. The molecule has 0 aliphatic heterocycles. The Hall–Kier alpha value is -1.86. The van der Waals surface area contributed by atoms with Gasteiger partial charge in [0.25, 0.3) is 10.0 Å². The molecule has 2 rings (SSSR count). The molecule has 0 atom stereocenters. The monoisotopic (exact) mass is 266 g/mol. The third-order valence-corrected chi connectivity index (χ3v) is 3.79. The van der Waals surface area contributed by atoms with Crippen molar-refractivity contribution in [3.05, 3.63) is 42.1 Å². The molecular weight excluding hydrogens is 252 g/mol. The summed E-state index contributed by atoms with van der Waals surface area (Å²) in [5, 5.41) is 3.96. The average molecular weight is 266 g/mol. The van der Waals surface area contributed by atoms with Gasteiger partial charge in [0.05, 0.1) is 4.90 Å². The van der Waals surface area contributed by atoms with Crippen LogP contribution in [0.4, 0.5) is 5.82 Å². The second-order valence-electron chi connectivity index (χ2n) is 3.83. The molecule has 7 heteroatoms. The Balaban J connectivity index is 2.24. The van der Waals surface area contributed by atoms with E-state index in [2.05, 4.69) is 9.82 Å². The van der Waals surface area contributed by atoms with E-state index in [1.54, 1.807) is 31.4 Å². The fraction of sp³-hybridized carbons (Fsp3) is 0.182. The molecule has 1 heterocycles. The first kappa shape index (κ1) is 12.6. The largest absolute Gasteiger partial charge is 0.326 e. The highest BCUT2D eigenvalue weighted by Crippen LogP contribution is 2.14. The lowest BCUT2D eigenvalue weighted by molar-refractivity contribution is 0.601. The maximum atomic E-state index is 12.0. The smallest absolute Gasteiger partial charge is 0.263 e. The lowest BCUT2D eigenvalue weighted by Gasteiger charge is -2.06. The van der Waals surface area contributed by atoms with Gasteiger partial charge in [-0.05, 0) is 17.7 Å². The Morgan fingerprint density at radius 3 is 2.44 bits per heavy atom. The van der Waals surface area contributed by atoms with Crippen molar-refractivity contribution in [1.29, 1.82) is 0 Å². The maximum absolute atomic E-state index is 12.0. The average Bonchev–Trinajstić information content (AvgIpc) is 2.74. The Labute approximate surface area is 105 Å². The molecule has 0 saturated carbocycles. The zero-order chi connectivity index (χ0) is 13.2. The quantitative estimate of drug-likeness (QED) is 0.851. The first-order valence-corrected chi connectivity index (χ1v) is 6.81. The topological polar surface area (TPSA) is 90.0 Å². The minimum atomic E-state index is -3.59. The Bertz CT molecular complexity index is 631. The number of nitrogens with zero attached hydrogens (tertiary/aromatic N) is 2. The van der Waals surface area contributed by atoms with Gasteiger partial charge in [0, 0.05) is 25.9 Å². The fourth-order valence-electron chi connectivity index (χ4n) is 1.47. The van der Waals surface area contributed by atoms with E-state index in [1.165, 1.54) is 16.8 Å². The highest BCUT2D eigenvalue weighted by Gasteiger charge is 2.14. The van der Waals surface area contributed by atoms with Gasteiger partial charge in [-0.2, -0.15) is 5.10 Å². The molecule has 3 N–H and O–H groups in total. The van der Waals surface area contributed by atoms with Crippen LogP contribution in [-0.2, 0) is 23.6 Å². The van der Waals surface area contributed by atoms with Crippen LogP contribution in [0, 0.1) is 0 Å². The maximum Gasteiger partial charge on any atom is 0.263 e. The fourth-order valence-corrected chi connectivity index (χ4v) is 2.47. The standard InChI is InChI=1S/C11H14N4O2S/c1-15-7-6-11(13-15)14-18(16,17)10-4-2-9(8-12)3-5-10/h2-7H,8,12H2,1H3,(H,13,14). The predicted molar refractivity (Wildman–Crippen MR) is 68.3 cm³/mol. The van der Waals surface area contributed by atoms with Crippen molar-refractivity contribution in [3.63, 3.8) is 0 Å². The van der Waals surface area contributed by atoms with Crippen molar-refractivity contribution >= 4 is 15.8 Å². The zero-order valence-corrected chi connectivity index (χ0v) is 10.7. The summed E-state index contributed by atoms with van der Waals surface area (Å²) in [7, 11) is -1.88. The molecule has 0 radical (unpaired) electrons. The number of aryl methyl sites for hydroxylation is 1. The summed E-state index contributed by atoms with van der Waals surface area (Å²) in [5.74, 6) is 0.292. The highest BCUT2D eigenvalue weighted by molar-refractivity contribution is 7.92. The minimum absolute atomic E-state index is 0.186. The van der Waals surface area contributed by atoms with E-state index < -0.39 is 10.0 Å². The van der Waals surface area contributed by atoms with Gasteiger partial charge >= 0.3 is 0 Å². The summed E-state index contributed by atoms with van der Waals surface area (Å²) in [6.45, 7) is 0.383. The van der Waals surface area contributed by atoms with E-state index in [0.717, 1.165) is 5.56 Å². The molecule has 1 aromatic heterocycles. The van der Waals surface area contributed by atoms with Gasteiger partial charge in [0.1, 0.15) is 0 Å². The van der Waals surface area contributed by atoms with E-state index in [-0.39, 0.29) is 4.90 Å². The molecule has 2 aromatic rings.